The van der Waals surface area contributed by atoms with Crippen molar-refractivity contribution in [2.75, 3.05) is 13.7 Å². The van der Waals surface area contributed by atoms with Gasteiger partial charge in [-0.15, -0.1) is 0 Å². The number of H-pyrrole nitrogens is 1. The van der Waals surface area contributed by atoms with Crippen LogP contribution in [0.3, 0.4) is 0 Å². The number of carboxylic acid groups (broad SMARTS) is 1. The van der Waals surface area contributed by atoms with E-state index in [-0.39, 0.29) is 29.9 Å². The average molecular weight is 469 g/mol. The number of aromatic nitrogens is 1. The number of hydrogen-bond acceptors (Lipinski definition) is 3. The first kappa shape index (κ1) is 22.8. The Morgan fingerprint density at radius 2 is 1.97 bits per heavy atom. The molecule has 1 spiro atoms. The Labute approximate surface area is 197 Å². The number of methoxy groups -OCH3 is 1. The number of piperidine rings is 1. The van der Waals surface area contributed by atoms with Gasteiger partial charge >= 0.3 is 5.97 Å². The minimum atomic E-state index is -2.60. The van der Waals surface area contributed by atoms with E-state index in [1.54, 1.807) is 19.2 Å². The molecule has 5 nitrogen and oxygen atoms in total. The van der Waals surface area contributed by atoms with Gasteiger partial charge in [-0.25, -0.2) is 13.6 Å². The number of aromatic carboxylic acids is 1. The lowest BCUT2D eigenvalue weighted by Crippen LogP contribution is -2.41. The number of carbonyl (C=O) groups is 1. The minimum absolute atomic E-state index is 0.0482. The molecule has 1 saturated heterocycles. The molecule has 2 aliphatic rings. The number of rotatable bonds is 5. The molecule has 1 saturated carbocycles. The zero-order valence-electron chi connectivity index (χ0n) is 19.5. The van der Waals surface area contributed by atoms with E-state index in [1.165, 1.54) is 0 Å². The summed E-state index contributed by atoms with van der Waals surface area (Å²) in [7, 11) is 1.67. The number of fused-ring (bicyclic) bond motifs is 1. The number of aryl methyl sites for hydroxylation is 1. The van der Waals surface area contributed by atoms with Crippen molar-refractivity contribution in [3.8, 4) is 5.75 Å². The zero-order chi connectivity index (χ0) is 24.1. The third-order valence-electron chi connectivity index (χ3n) is 7.89. The van der Waals surface area contributed by atoms with Crippen molar-refractivity contribution in [1.29, 1.82) is 0 Å². The number of nitrogens with zero attached hydrogens (tertiary/aromatic N) is 1. The molecule has 1 aliphatic heterocycles. The van der Waals surface area contributed by atoms with Gasteiger partial charge in [-0.3, -0.25) is 4.90 Å². The minimum Gasteiger partial charge on any atom is -0.496 e. The van der Waals surface area contributed by atoms with Crippen LogP contribution < -0.4 is 4.74 Å². The van der Waals surface area contributed by atoms with E-state index in [2.05, 4.69) is 16.0 Å². The first-order valence-corrected chi connectivity index (χ1v) is 11.8. The lowest BCUT2D eigenvalue weighted by Gasteiger charge is -2.45. The van der Waals surface area contributed by atoms with Crippen molar-refractivity contribution in [3.05, 3.63) is 64.8 Å². The Bertz CT molecular complexity index is 1220. The molecule has 1 aliphatic carbocycles. The number of alkyl halides is 2. The van der Waals surface area contributed by atoms with Crippen LogP contribution in [0.5, 0.6) is 5.75 Å². The average Bonchev–Trinajstić information content (AvgIpc) is 3.42. The van der Waals surface area contributed by atoms with Crippen LogP contribution in [0.25, 0.3) is 10.9 Å². The maximum atomic E-state index is 14.3. The van der Waals surface area contributed by atoms with Gasteiger partial charge in [0.2, 0.25) is 5.92 Å². The number of halogens is 2. The molecular weight excluding hydrogens is 438 g/mol. The molecule has 3 aromatic rings. The molecular formula is C27H30F2N2O3. The number of likely N-dealkylation sites (tertiary alicyclic amines) is 1. The van der Waals surface area contributed by atoms with Crippen molar-refractivity contribution in [2.24, 2.45) is 5.41 Å². The van der Waals surface area contributed by atoms with Gasteiger partial charge in [0.25, 0.3) is 0 Å². The molecule has 34 heavy (non-hydrogen) atoms. The smallest absolute Gasteiger partial charge is 0.335 e. The zero-order valence-corrected chi connectivity index (χ0v) is 19.5. The van der Waals surface area contributed by atoms with Gasteiger partial charge in [0, 0.05) is 48.1 Å². The second kappa shape index (κ2) is 8.38. The first-order chi connectivity index (χ1) is 16.2. The fourth-order valence-electron chi connectivity index (χ4n) is 6.09. The molecule has 1 aromatic heterocycles. The Balaban J connectivity index is 1.52. The molecule has 2 heterocycles. The van der Waals surface area contributed by atoms with Gasteiger partial charge in [0.15, 0.2) is 0 Å². The molecule has 0 radical (unpaired) electrons. The summed E-state index contributed by atoms with van der Waals surface area (Å²) >= 11 is 0. The lowest BCUT2D eigenvalue weighted by atomic mass is 9.72. The predicted octanol–water partition coefficient (Wildman–Crippen LogP) is 6.33. The highest BCUT2D eigenvalue weighted by molar-refractivity contribution is 5.88. The summed E-state index contributed by atoms with van der Waals surface area (Å²) in [5.74, 6) is -2.76. The summed E-state index contributed by atoms with van der Waals surface area (Å²) in [6.07, 6.45) is 3.72. The predicted molar refractivity (Wildman–Crippen MR) is 127 cm³/mol. The van der Waals surface area contributed by atoms with Crippen LogP contribution in [0.15, 0.2) is 42.6 Å². The van der Waals surface area contributed by atoms with Gasteiger partial charge in [-0.1, -0.05) is 12.1 Å². The number of benzene rings is 2. The van der Waals surface area contributed by atoms with E-state index in [0.717, 1.165) is 39.8 Å². The fraction of sp³-hybridized carbons (Fsp3) is 0.444. The van der Waals surface area contributed by atoms with Gasteiger partial charge in [-0.05, 0) is 73.5 Å². The Morgan fingerprint density at radius 3 is 2.62 bits per heavy atom. The molecule has 2 aromatic carbocycles. The SMILES string of the molecule is COc1cc(C)c2[nH]ccc2c1CN1CC[C@@]2(CCC(F)(F)C2)C[C@H]1c1ccc(C(=O)O)cc1. The molecule has 0 bridgehead atoms. The molecule has 180 valence electrons. The van der Waals surface area contributed by atoms with Gasteiger partial charge in [0.05, 0.1) is 12.7 Å². The van der Waals surface area contributed by atoms with E-state index >= 15 is 0 Å². The molecule has 0 amide bonds. The van der Waals surface area contributed by atoms with Crippen LogP contribution >= 0.6 is 0 Å². The van der Waals surface area contributed by atoms with Crippen LogP contribution in [0.2, 0.25) is 0 Å². The quantitative estimate of drug-likeness (QED) is 0.460. The molecule has 5 rings (SSSR count). The number of nitrogens with one attached hydrogen (secondary N) is 1. The fourth-order valence-corrected chi connectivity index (χ4v) is 6.09. The maximum absolute atomic E-state index is 14.3. The van der Waals surface area contributed by atoms with Gasteiger partial charge < -0.3 is 14.8 Å². The first-order valence-electron chi connectivity index (χ1n) is 11.8. The van der Waals surface area contributed by atoms with Crippen LogP contribution in [-0.4, -0.2) is 40.5 Å². The van der Waals surface area contributed by atoms with Crippen molar-refractivity contribution in [2.45, 2.75) is 57.5 Å². The van der Waals surface area contributed by atoms with E-state index in [9.17, 15) is 18.7 Å². The second-order valence-corrected chi connectivity index (χ2v) is 10.0. The van der Waals surface area contributed by atoms with Crippen molar-refractivity contribution >= 4 is 16.9 Å². The summed E-state index contributed by atoms with van der Waals surface area (Å²) in [4.78, 5) is 17.0. The normalized spacial score (nSPS) is 24.6. The highest BCUT2D eigenvalue weighted by Crippen LogP contribution is 2.56. The molecule has 2 N–H and O–H groups in total. The lowest BCUT2D eigenvalue weighted by molar-refractivity contribution is -0.0235. The summed E-state index contributed by atoms with van der Waals surface area (Å²) in [6.45, 7) is 3.36. The maximum Gasteiger partial charge on any atom is 0.335 e. The Hall–Kier alpha value is -2.93. The molecule has 2 atom stereocenters. The van der Waals surface area contributed by atoms with Crippen LogP contribution in [0, 0.1) is 12.3 Å². The van der Waals surface area contributed by atoms with Crippen LogP contribution in [0.4, 0.5) is 8.78 Å². The molecule has 7 heteroatoms. The van der Waals surface area contributed by atoms with Crippen molar-refractivity contribution < 1.29 is 23.4 Å². The van der Waals surface area contributed by atoms with E-state index in [0.29, 0.717) is 25.9 Å². The second-order valence-electron chi connectivity index (χ2n) is 10.0. The Kier molecular flexibility index (Phi) is 5.63. The number of aromatic amines is 1. The highest BCUT2D eigenvalue weighted by atomic mass is 19.3. The van der Waals surface area contributed by atoms with Crippen LogP contribution in [0.1, 0.15) is 65.2 Å². The third kappa shape index (κ3) is 4.06. The highest BCUT2D eigenvalue weighted by Gasteiger charge is 2.52. The van der Waals surface area contributed by atoms with Crippen LogP contribution in [-0.2, 0) is 6.54 Å². The van der Waals surface area contributed by atoms with E-state index in [4.69, 9.17) is 4.74 Å². The van der Waals surface area contributed by atoms with Crippen molar-refractivity contribution in [1.82, 2.24) is 9.88 Å². The summed E-state index contributed by atoms with van der Waals surface area (Å²) in [5, 5.41) is 10.4. The standard InChI is InChI=1S/C27H30F2N2O3/c1-17-13-23(34-2)21(20-7-11-30-24(17)20)15-31-12-10-26(8-9-27(28,29)16-26)14-22(31)18-3-5-19(6-4-18)25(32)33/h3-7,11,13,22,30H,8-10,12,14-16H2,1-2H3,(H,32,33)/t22-,26-/m0/s1. The number of carboxylic acids is 1. The summed E-state index contributed by atoms with van der Waals surface area (Å²) in [6, 6.07) is 10.9. The Morgan fingerprint density at radius 1 is 1.21 bits per heavy atom. The molecule has 0 unspecified atom stereocenters. The number of hydrogen-bond donors (Lipinski definition) is 2. The van der Waals surface area contributed by atoms with Gasteiger partial charge in [0.1, 0.15) is 5.75 Å². The number of ether oxygens (including phenoxy) is 1. The molecule has 2 fully saturated rings. The van der Waals surface area contributed by atoms with E-state index in [1.807, 2.05) is 31.3 Å². The van der Waals surface area contributed by atoms with Gasteiger partial charge in [-0.2, -0.15) is 0 Å². The third-order valence-corrected chi connectivity index (χ3v) is 7.89. The topological polar surface area (TPSA) is 65.6 Å². The summed E-state index contributed by atoms with van der Waals surface area (Å²) < 4.78 is 34.3. The van der Waals surface area contributed by atoms with Crippen molar-refractivity contribution in [3.63, 3.8) is 0 Å². The summed E-state index contributed by atoms with van der Waals surface area (Å²) in [5.41, 5.74) is 4.06. The largest absolute Gasteiger partial charge is 0.496 e. The monoisotopic (exact) mass is 468 g/mol. The van der Waals surface area contributed by atoms with E-state index < -0.39 is 11.9 Å².